The van der Waals surface area contributed by atoms with Gasteiger partial charge in [-0.2, -0.15) is 13.2 Å². The van der Waals surface area contributed by atoms with Gasteiger partial charge in [0.1, 0.15) is 6.04 Å². The molecular weight excluding hydrogens is 275 g/mol. The highest BCUT2D eigenvalue weighted by atomic mass is 19.4. The van der Waals surface area contributed by atoms with Crippen molar-refractivity contribution in [2.75, 3.05) is 31.6 Å². The van der Waals surface area contributed by atoms with Gasteiger partial charge in [0.2, 0.25) is 5.91 Å². The number of carbonyl (C=O) groups is 1. The maximum absolute atomic E-state index is 12.4. The molecule has 1 fully saturated rings. The summed E-state index contributed by atoms with van der Waals surface area (Å²) in [4.78, 5) is 13.4. The first-order valence-electron chi connectivity index (χ1n) is 6.03. The summed E-state index contributed by atoms with van der Waals surface area (Å²) >= 11 is 0. The molecule has 0 radical (unpaired) electrons. The van der Waals surface area contributed by atoms with Crippen molar-refractivity contribution in [3.05, 3.63) is 17.8 Å². The number of carbonyl (C=O) groups excluding carboxylic acids is 1. The van der Waals surface area contributed by atoms with E-state index in [9.17, 15) is 18.0 Å². The van der Waals surface area contributed by atoms with Gasteiger partial charge in [0.25, 0.3) is 0 Å². The number of hydrogen-bond donors (Lipinski definition) is 2. The normalized spacial score (nSPS) is 19.8. The molecule has 6 nitrogen and oxygen atoms in total. The third-order valence-corrected chi connectivity index (χ3v) is 3.03. The zero-order valence-electron chi connectivity index (χ0n) is 10.7. The van der Waals surface area contributed by atoms with Crippen molar-refractivity contribution in [3.8, 4) is 0 Å². The molecule has 1 amide bonds. The molecule has 110 valence electrons. The van der Waals surface area contributed by atoms with E-state index in [-0.39, 0.29) is 11.7 Å². The number of alkyl halides is 3. The molecule has 1 atom stereocenters. The Hall–Kier alpha value is -1.90. The van der Waals surface area contributed by atoms with E-state index in [0.717, 1.165) is 6.07 Å². The summed E-state index contributed by atoms with van der Waals surface area (Å²) in [6.07, 6.45) is -4.52. The highest BCUT2D eigenvalue weighted by Gasteiger charge is 2.34. The van der Waals surface area contributed by atoms with Gasteiger partial charge in [-0.3, -0.25) is 4.79 Å². The number of amides is 1. The van der Waals surface area contributed by atoms with Gasteiger partial charge in [-0.25, -0.2) is 0 Å². The molecule has 0 saturated carbocycles. The van der Waals surface area contributed by atoms with Crippen LogP contribution in [0.5, 0.6) is 0 Å². The second kappa shape index (κ2) is 5.61. The summed E-state index contributed by atoms with van der Waals surface area (Å²) in [5.41, 5.74) is -1.05. The van der Waals surface area contributed by atoms with E-state index in [1.807, 2.05) is 0 Å². The van der Waals surface area contributed by atoms with E-state index in [2.05, 4.69) is 20.8 Å². The average molecular weight is 289 g/mol. The van der Waals surface area contributed by atoms with E-state index in [1.165, 1.54) is 13.1 Å². The number of aromatic nitrogens is 2. The molecule has 1 aliphatic rings. The van der Waals surface area contributed by atoms with Crippen LogP contribution in [0.3, 0.4) is 0 Å². The van der Waals surface area contributed by atoms with E-state index < -0.39 is 17.9 Å². The van der Waals surface area contributed by atoms with Gasteiger partial charge in [0.05, 0.1) is 0 Å². The molecule has 1 aliphatic heterocycles. The first kappa shape index (κ1) is 14.5. The molecule has 9 heteroatoms. The Bertz CT molecular complexity index is 476. The number of rotatable bonds is 2. The first-order valence-corrected chi connectivity index (χ1v) is 6.03. The third-order valence-electron chi connectivity index (χ3n) is 3.03. The van der Waals surface area contributed by atoms with Crippen molar-refractivity contribution in [1.82, 2.24) is 20.8 Å². The van der Waals surface area contributed by atoms with Gasteiger partial charge in [-0.05, 0) is 12.1 Å². The average Bonchev–Trinajstić information content (AvgIpc) is 2.45. The van der Waals surface area contributed by atoms with Crippen LogP contribution in [0, 0.1) is 0 Å². The summed E-state index contributed by atoms with van der Waals surface area (Å²) in [5, 5.41) is 12.3. The number of piperazine rings is 1. The van der Waals surface area contributed by atoms with Crippen LogP contribution >= 0.6 is 0 Å². The fourth-order valence-corrected chi connectivity index (χ4v) is 2.01. The van der Waals surface area contributed by atoms with Crippen LogP contribution in [-0.4, -0.2) is 48.8 Å². The van der Waals surface area contributed by atoms with Crippen LogP contribution in [0.4, 0.5) is 19.0 Å². The minimum absolute atomic E-state index is 0.223. The minimum Gasteiger partial charge on any atom is -0.357 e. The van der Waals surface area contributed by atoms with E-state index >= 15 is 0 Å². The second-order valence-electron chi connectivity index (χ2n) is 4.30. The molecule has 2 heterocycles. The molecule has 0 aromatic carbocycles. The Kier molecular flexibility index (Phi) is 4.07. The Labute approximate surface area is 113 Å². The van der Waals surface area contributed by atoms with Crippen molar-refractivity contribution in [2.24, 2.45) is 0 Å². The first-order chi connectivity index (χ1) is 9.43. The van der Waals surface area contributed by atoms with Gasteiger partial charge in [-0.1, -0.05) is 0 Å². The predicted molar refractivity (Wildman–Crippen MR) is 65.1 cm³/mol. The van der Waals surface area contributed by atoms with Crippen molar-refractivity contribution >= 4 is 11.7 Å². The quantitative estimate of drug-likeness (QED) is 0.803. The maximum Gasteiger partial charge on any atom is 0.435 e. The number of anilines is 1. The molecule has 0 bridgehead atoms. The number of hydrogen-bond acceptors (Lipinski definition) is 5. The summed E-state index contributed by atoms with van der Waals surface area (Å²) in [5.74, 6) is 0.0343. The van der Waals surface area contributed by atoms with Gasteiger partial charge in [0.15, 0.2) is 11.5 Å². The van der Waals surface area contributed by atoms with E-state index in [1.54, 1.807) is 4.90 Å². The monoisotopic (exact) mass is 289 g/mol. The minimum atomic E-state index is -4.52. The SMILES string of the molecule is CNC(=O)C1CNCCN1c1ccc(C(F)(F)F)nn1. The molecule has 2 N–H and O–H groups in total. The smallest absolute Gasteiger partial charge is 0.357 e. The van der Waals surface area contributed by atoms with Crippen LogP contribution in [-0.2, 0) is 11.0 Å². The molecule has 20 heavy (non-hydrogen) atoms. The molecule has 0 aliphatic carbocycles. The molecule has 1 unspecified atom stereocenters. The van der Waals surface area contributed by atoms with Crippen LogP contribution in [0.2, 0.25) is 0 Å². The van der Waals surface area contributed by atoms with Gasteiger partial charge in [-0.15, -0.1) is 10.2 Å². The zero-order valence-corrected chi connectivity index (χ0v) is 10.7. The predicted octanol–water partition coefficient (Wildman–Crippen LogP) is 0.0196. The molecule has 1 aromatic rings. The lowest BCUT2D eigenvalue weighted by atomic mass is 10.1. The van der Waals surface area contributed by atoms with E-state index in [0.29, 0.717) is 19.6 Å². The number of halogens is 3. The standard InChI is InChI=1S/C11H14F3N5O/c1-15-10(20)7-6-16-4-5-19(7)9-3-2-8(17-18-9)11(12,13)14/h2-3,7,16H,4-6H2,1H3,(H,15,20). The molecule has 1 aromatic heterocycles. The van der Waals surface area contributed by atoms with Crippen LogP contribution in [0.15, 0.2) is 12.1 Å². The fraction of sp³-hybridized carbons (Fsp3) is 0.545. The van der Waals surface area contributed by atoms with Crippen LogP contribution in [0.1, 0.15) is 5.69 Å². The van der Waals surface area contributed by atoms with Crippen molar-refractivity contribution in [3.63, 3.8) is 0 Å². The largest absolute Gasteiger partial charge is 0.435 e. The van der Waals surface area contributed by atoms with Gasteiger partial charge in [0, 0.05) is 26.7 Å². The molecule has 2 rings (SSSR count). The molecule has 0 spiro atoms. The molecular formula is C11H14F3N5O. The lowest BCUT2D eigenvalue weighted by Gasteiger charge is -2.35. The Morgan fingerprint density at radius 1 is 1.45 bits per heavy atom. The number of nitrogens with zero attached hydrogens (tertiary/aromatic N) is 3. The summed E-state index contributed by atoms with van der Waals surface area (Å²) < 4.78 is 37.3. The lowest BCUT2D eigenvalue weighted by Crippen LogP contribution is -2.58. The van der Waals surface area contributed by atoms with Crippen molar-refractivity contribution < 1.29 is 18.0 Å². The third kappa shape index (κ3) is 2.98. The Morgan fingerprint density at radius 3 is 2.75 bits per heavy atom. The highest BCUT2D eigenvalue weighted by molar-refractivity contribution is 5.85. The second-order valence-corrected chi connectivity index (χ2v) is 4.30. The summed E-state index contributed by atoms with van der Waals surface area (Å²) in [6.45, 7) is 1.50. The number of nitrogens with one attached hydrogen (secondary N) is 2. The van der Waals surface area contributed by atoms with Crippen molar-refractivity contribution in [1.29, 1.82) is 0 Å². The Morgan fingerprint density at radius 2 is 2.20 bits per heavy atom. The fourth-order valence-electron chi connectivity index (χ4n) is 2.01. The van der Waals surface area contributed by atoms with E-state index in [4.69, 9.17) is 0 Å². The zero-order chi connectivity index (χ0) is 14.8. The van der Waals surface area contributed by atoms with Gasteiger partial charge >= 0.3 is 6.18 Å². The summed E-state index contributed by atoms with van der Waals surface area (Å²) in [6, 6.07) is 1.59. The lowest BCUT2D eigenvalue weighted by molar-refractivity contribution is -0.141. The van der Waals surface area contributed by atoms with Crippen molar-refractivity contribution in [2.45, 2.75) is 12.2 Å². The Balaban J connectivity index is 2.22. The van der Waals surface area contributed by atoms with Crippen LogP contribution in [0.25, 0.3) is 0 Å². The van der Waals surface area contributed by atoms with Gasteiger partial charge < -0.3 is 15.5 Å². The topological polar surface area (TPSA) is 70.2 Å². The maximum atomic E-state index is 12.4. The van der Waals surface area contributed by atoms with Crippen LogP contribution < -0.4 is 15.5 Å². The number of likely N-dealkylation sites (N-methyl/N-ethyl adjacent to an activating group) is 1. The highest BCUT2D eigenvalue weighted by Crippen LogP contribution is 2.27. The molecule has 1 saturated heterocycles. The summed E-state index contributed by atoms with van der Waals surface area (Å²) in [7, 11) is 1.51.